The molecule has 0 saturated heterocycles. The minimum absolute atomic E-state index is 0.262. The molecule has 1 heterocycles. The molecule has 1 aliphatic heterocycles. The Morgan fingerprint density at radius 1 is 1.17 bits per heavy atom. The molecule has 6 heteroatoms. The van der Waals surface area contributed by atoms with Gasteiger partial charge in [-0.15, -0.1) is 4.59 Å². The first-order chi connectivity index (χ1) is 10.9. The Bertz CT molecular complexity index is 817. The van der Waals surface area contributed by atoms with Crippen molar-refractivity contribution in [2.75, 3.05) is 7.05 Å². The Labute approximate surface area is 136 Å². The van der Waals surface area contributed by atoms with Crippen LogP contribution in [0.15, 0.2) is 53.8 Å². The minimum Gasteiger partial charge on any atom is -0.207 e. The monoisotopic (exact) mass is 336 g/mol. The Morgan fingerprint density at radius 3 is 2.61 bits per heavy atom. The first kappa shape index (κ1) is 15.8. The first-order valence-corrected chi connectivity index (χ1v) is 7.18. The van der Waals surface area contributed by atoms with E-state index in [1.807, 2.05) is 0 Å². The van der Waals surface area contributed by atoms with Gasteiger partial charge in [0.05, 0.1) is 6.08 Å². The smallest absolute Gasteiger partial charge is 0.207 e. The number of hydrogen-bond donors (Lipinski definition) is 0. The molecule has 0 fully saturated rings. The summed E-state index contributed by atoms with van der Waals surface area (Å²) in [7, 11) is 1.63. The molecule has 1 atom stereocenters. The van der Waals surface area contributed by atoms with Crippen LogP contribution in [0.5, 0.6) is 0 Å². The van der Waals surface area contributed by atoms with Gasteiger partial charge in [-0.3, -0.25) is 0 Å². The van der Waals surface area contributed by atoms with E-state index < -0.39 is 18.0 Å². The lowest BCUT2D eigenvalue weighted by Gasteiger charge is -2.23. The van der Waals surface area contributed by atoms with Gasteiger partial charge in [0.25, 0.3) is 6.43 Å². The fraction of sp³-hybridized carbons (Fsp3) is 0.118. The molecule has 1 unspecified atom stereocenters. The zero-order valence-electron chi connectivity index (χ0n) is 12.1. The highest BCUT2D eigenvalue weighted by Gasteiger charge is 2.34. The largest absolute Gasteiger partial charge is 0.286 e. The van der Waals surface area contributed by atoms with Crippen LogP contribution < -0.4 is 4.59 Å². The summed E-state index contributed by atoms with van der Waals surface area (Å²) in [5.74, 6) is -0.430. The van der Waals surface area contributed by atoms with Crippen LogP contribution in [0.4, 0.5) is 18.9 Å². The lowest BCUT2D eigenvalue weighted by atomic mass is 10.0. The minimum atomic E-state index is -2.71. The molecule has 0 N–H and O–H groups in total. The lowest BCUT2D eigenvalue weighted by Crippen LogP contribution is -2.31. The quantitative estimate of drug-likeness (QED) is 0.697. The van der Waals surface area contributed by atoms with Crippen LogP contribution in [0.1, 0.15) is 0 Å². The third-order valence-corrected chi connectivity index (χ3v) is 3.80. The molecule has 1 radical (unpaired) electrons. The Morgan fingerprint density at radius 2 is 1.96 bits per heavy atom. The van der Waals surface area contributed by atoms with Gasteiger partial charge in [0.15, 0.2) is 11.4 Å². The van der Waals surface area contributed by atoms with Crippen molar-refractivity contribution in [1.82, 2.24) is 4.59 Å². The van der Waals surface area contributed by atoms with Gasteiger partial charge in [-0.05, 0) is 29.8 Å². The van der Waals surface area contributed by atoms with E-state index in [1.165, 1.54) is 24.4 Å². The molecular formula is C17H12ClF3N2+. The Hall–Kier alpha value is -2.11. The summed E-state index contributed by atoms with van der Waals surface area (Å²) in [5, 5.41) is 4.51. The topological polar surface area (TPSA) is 12.4 Å². The van der Waals surface area contributed by atoms with Gasteiger partial charge in [-0.1, -0.05) is 28.8 Å². The average molecular weight is 337 g/mol. The van der Waals surface area contributed by atoms with Gasteiger partial charge >= 0.3 is 0 Å². The third kappa shape index (κ3) is 3.02. The van der Waals surface area contributed by atoms with Crippen LogP contribution in [-0.2, 0) is 0 Å². The van der Waals surface area contributed by atoms with Crippen molar-refractivity contribution in [3.05, 3.63) is 65.6 Å². The Balaban J connectivity index is 2.17. The van der Waals surface area contributed by atoms with Crippen molar-refractivity contribution in [2.45, 2.75) is 6.43 Å². The zero-order valence-corrected chi connectivity index (χ0v) is 12.9. The highest BCUT2D eigenvalue weighted by atomic mass is 35.5. The first-order valence-electron chi connectivity index (χ1n) is 6.80. The summed E-state index contributed by atoms with van der Waals surface area (Å²) in [6.45, 7) is 0. The molecule has 23 heavy (non-hydrogen) atoms. The summed E-state index contributed by atoms with van der Waals surface area (Å²) in [6.07, 6.45) is 1.19. The predicted octanol–water partition coefficient (Wildman–Crippen LogP) is 5.03. The predicted molar refractivity (Wildman–Crippen MR) is 85.8 cm³/mol. The second-order valence-electron chi connectivity index (χ2n) is 5.26. The van der Waals surface area contributed by atoms with Crippen LogP contribution in [0, 0.1) is 11.9 Å². The fourth-order valence-electron chi connectivity index (χ4n) is 2.49. The SMILES string of the molecule is C[N+]1(c2ccc(F)cc2-c2cccc(Cl)c2)C=[C]C(C(F)F)=N1. The molecule has 0 saturated carbocycles. The van der Waals surface area contributed by atoms with E-state index in [4.69, 9.17) is 11.6 Å². The van der Waals surface area contributed by atoms with Crippen LogP contribution >= 0.6 is 11.6 Å². The molecule has 0 bridgehead atoms. The average Bonchev–Trinajstić information content (AvgIpc) is 2.91. The van der Waals surface area contributed by atoms with Crippen molar-refractivity contribution in [2.24, 2.45) is 5.10 Å². The molecule has 3 rings (SSSR count). The summed E-state index contributed by atoms with van der Waals surface area (Å²) in [4.78, 5) is 0. The summed E-state index contributed by atoms with van der Waals surface area (Å²) in [5.41, 5.74) is 1.35. The molecule has 0 aromatic heterocycles. The lowest BCUT2D eigenvalue weighted by molar-refractivity contribution is 0.225. The van der Waals surface area contributed by atoms with E-state index >= 15 is 0 Å². The highest BCUT2D eigenvalue weighted by Crippen LogP contribution is 2.38. The number of quaternary nitrogens is 1. The fourth-order valence-corrected chi connectivity index (χ4v) is 2.68. The molecule has 0 aliphatic carbocycles. The number of benzene rings is 2. The van der Waals surface area contributed by atoms with Gasteiger partial charge in [-0.2, -0.15) is 0 Å². The van der Waals surface area contributed by atoms with Crippen LogP contribution in [-0.4, -0.2) is 19.2 Å². The number of halogens is 4. The maximum Gasteiger partial charge on any atom is 0.286 e. The highest BCUT2D eigenvalue weighted by molar-refractivity contribution is 6.30. The van der Waals surface area contributed by atoms with Gasteiger partial charge in [0.2, 0.25) is 0 Å². The number of rotatable bonds is 3. The molecule has 0 spiro atoms. The van der Waals surface area contributed by atoms with Crippen molar-refractivity contribution >= 4 is 23.0 Å². The number of nitrogens with zero attached hydrogens (tertiary/aromatic N) is 2. The van der Waals surface area contributed by atoms with E-state index in [1.54, 1.807) is 31.3 Å². The van der Waals surface area contributed by atoms with Crippen LogP contribution in [0.2, 0.25) is 5.02 Å². The molecule has 117 valence electrons. The summed E-state index contributed by atoms with van der Waals surface area (Å²) >= 11 is 6.00. The number of alkyl halides is 2. The molecule has 0 amide bonds. The van der Waals surface area contributed by atoms with Gasteiger partial charge in [0.1, 0.15) is 19.1 Å². The van der Waals surface area contributed by atoms with E-state index in [9.17, 15) is 13.2 Å². The van der Waals surface area contributed by atoms with Crippen molar-refractivity contribution in [3.8, 4) is 11.1 Å². The maximum atomic E-state index is 13.7. The van der Waals surface area contributed by atoms with E-state index in [0.717, 1.165) is 0 Å². The second kappa shape index (κ2) is 5.83. The second-order valence-corrected chi connectivity index (χ2v) is 5.69. The van der Waals surface area contributed by atoms with Gasteiger partial charge in [-0.25, -0.2) is 13.2 Å². The number of hydrogen-bond acceptors (Lipinski definition) is 1. The van der Waals surface area contributed by atoms with E-state index in [0.29, 0.717) is 21.8 Å². The van der Waals surface area contributed by atoms with E-state index in [2.05, 4.69) is 11.2 Å². The number of allylic oxidation sites excluding steroid dienone is 1. The maximum absolute atomic E-state index is 13.7. The van der Waals surface area contributed by atoms with Gasteiger partial charge in [0, 0.05) is 16.7 Å². The van der Waals surface area contributed by atoms with Gasteiger partial charge < -0.3 is 0 Å². The molecular weight excluding hydrogens is 325 g/mol. The zero-order chi connectivity index (χ0) is 16.6. The third-order valence-electron chi connectivity index (χ3n) is 3.57. The van der Waals surface area contributed by atoms with E-state index in [-0.39, 0.29) is 4.59 Å². The normalized spacial score (nSPS) is 20.2. The summed E-state index contributed by atoms with van der Waals surface area (Å²) in [6, 6.07) is 11.1. The van der Waals surface area contributed by atoms with Crippen molar-refractivity contribution in [1.29, 1.82) is 0 Å². The summed E-state index contributed by atoms with van der Waals surface area (Å²) < 4.78 is 39.1. The molecule has 2 aromatic carbocycles. The van der Waals surface area contributed by atoms with Crippen LogP contribution in [0.25, 0.3) is 11.1 Å². The van der Waals surface area contributed by atoms with Crippen molar-refractivity contribution in [3.63, 3.8) is 0 Å². The standard InChI is InChI=1S/C17H12ClF3N2/c1-23(8-7-15(22-23)17(20)21)16-6-5-13(19)10-14(16)11-3-2-4-12(18)9-11/h2-6,8-10,17H,1H3/q+1. The van der Waals surface area contributed by atoms with Crippen LogP contribution in [0.3, 0.4) is 0 Å². The molecule has 2 aromatic rings. The van der Waals surface area contributed by atoms with Crippen molar-refractivity contribution < 1.29 is 13.2 Å². The molecule has 1 aliphatic rings. The molecule has 2 nitrogen and oxygen atoms in total. The Kier molecular flexibility index (Phi) is 4.00.